The predicted molar refractivity (Wildman–Crippen MR) is 114 cm³/mol. The van der Waals surface area contributed by atoms with Crippen LogP contribution in [0.15, 0.2) is 30.3 Å². The molecular weight excluding hydrogens is 384 g/mol. The molecule has 30 heavy (non-hydrogen) atoms. The van der Waals surface area contributed by atoms with Gasteiger partial charge in [0, 0.05) is 13.6 Å². The van der Waals surface area contributed by atoms with E-state index in [-0.39, 0.29) is 31.0 Å². The van der Waals surface area contributed by atoms with Gasteiger partial charge >= 0.3 is 12.2 Å². The summed E-state index contributed by atoms with van der Waals surface area (Å²) in [5, 5.41) is 0. The van der Waals surface area contributed by atoms with Gasteiger partial charge in [-0.2, -0.15) is 0 Å². The fourth-order valence-electron chi connectivity index (χ4n) is 3.53. The predicted octanol–water partition coefficient (Wildman–Crippen LogP) is 4.11. The van der Waals surface area contributed by atoms with Gasteiger partial charge in [0.1, 0.15) is 12.2 Å². The second-order valence-electron chi connectivity index (χ2n) is 9.32. The molecular formula is C23H34N2O5. The fourth-order valence-corrected chi connectivity index (χ4v) is 3.53. The Labute approximate surface area is 179 Å². The Kier molecular flexibility index (Phi) is 7.87. The summed E-state index contributed by atoms with van der Waals surface area (Å²) in [6.07, 6.45) is -0.0221. The average molecular weight is 419 g/mol. The van der Waals surface area contributed by atoms with Crippen molar-refractivity contribution in [2.75, 3.05) is 20.2 Å². The van der Waals surface area contributed by atoms with Crippen LogP contribution in [-0.2, 0) is 20.7 Å². The van der Waals surface area contributed by atoms with Crippen molar-refractivity contribution in [1.29, 1.82) is 0 Å². The summed E-state index contributed by atoms with van der Waals surface area (Å²) >= 11 is 0. The van der Waals surface area contributed by atoms with E-state index < -0.39 is 23.7 Å². The largest absolute Gasteiger partial charge is 0.447 e. The number of imide groups is 1. The maximum Gasteiger partial charge on any atom is 0.416 e. The highest BCUT2D eigenvalue weighted by Crippen LogP contribution is 2.24. The molecule has 0 N–H and O–H groups in total. The molecule has 1 aromatic carbocycles. The standard InChI is InChI=1S/C23H34N2O5/c1-16(2)12-18(14-24(6)21(27)30-23(3,4)5)20(26)25-19(15-29-22(25)28)13-17-10-8-7-9-11-17/h7-11,16,18-19H,12-15H2,1-6H3/t18?,19-/m1/s1. The summed E-state index contributed by atoms with van der Waals surface area (Å²) in [6.45, 7) is 9.76. The zero-order valence-electron chi connectivity index (χ0n) is 18.9. The molecule has 1 unspecified atom stereocenters. The molecule has 1 aliphatic heterocycles. The van der Waals surface area contributed by atoms with Crippen molar-refractivity contribution in [3.63, 3.8) is 0 Å². The molecule has 0 saturated carbocycles. The van der Waals surface area contributed by atoms with Crippen LogP contribution in [0.1, 0.15) is 46.6 Å². The first-order valence-corrected chi connectivity index (χ1v) is 10.5. The van der Waals surface area contributed by atoms with Crippen LogP contribution < -0.4 is 0 Å². The van der Waals surface area contributed by atoms with Crippen molar-refractivity contribution in [2.24, 2.45) is 11.8 Å². The summed E-state index contributed by atoms with van der Waals surface area (Å²) < 4.78 is 10.6. The Balaban J connectivity index is 2.15. The highest BCUT2D eigenvalue weighted by atomic mass is 16.6. The van der Waals surface area contributed by atoms with Gasteiger partial charge in [-0.25, -0.2) is 14.5 Å². The van der Waals surface area contributed by atoms with Gasteiger partial charge in [0.15, 0.2) is 0 Å². The second kappa shape index (κ2) is 9.96. The number of hydrogen-bond donors (Lipinski definition) is 0. The third kappa shape index (κ3) is 6.75. The highest BCUT2D eigenvalue weighted by Gasteiger charge is 2.41. The first-order valence-electron chi connectivity index (χ1n) is 10.5. The van der Waals surface area contributed by atoms with Crippen molar-refractivity contribution >= 4 is 18.1 Å². The van der Waals surface area contributed by atoms with Gasteiger partial charge in [-0.05, 0) is 45.1 Å². The monoisotopic (exact) mass is 418 g/mol. The Morgan fingerprint density at radius 2 is 1.87 bits per heavy atom. The first-order chi connectivity index (χ1) is 14.0. The number of cyclic esters (lactones) is 1. The Morgan fingerprint density at radius 3 is 2.43 bits per heavy atom. The normalized spacial score (nSPS) is 17.6. The minimum absolute atomic E-state index is 0.174. The van der Waals surface area contributed by atoms with Crippen LogP contribution in [0, 0.1) is 11.8 Å². The molecule has 1 fully saturated rings. The lowest BCUT2D eigenvalue weighted by atomic mass is 9.94. The van der Waals surface area contributed by atoms with E-state index >= 15 is 0 Å². The topological polar surface area (TPSA) is 76.2 Å². The lowest BCUT2D eigenvalue weighted by Gasteiger charge is -2.30. The van der Waals surface area contributed by atoms with Crippen molar-refractivity contribution in [3.8, 4) is 0 Å². The van der Waals surface area contributed by atoms with E-state index in [1.165, 1.54) is 9.80 Å². The van der Waals surface area contributed by atoms with E-state index in [1.807, 2.05) is 44.2 Å². The zero-order valence-corrected chi connectivity index (χ0v) is 18.9. The molecule has 0 spiro atoms. The minimum atomic E-state index is -0.623. The number of rotatable bonds is 7. The zero-order chi connectivity index (χ0) is 22.5. The molecule has 0 aliphatic carbocycles. The van der Waals surface area contributed by atoms with Crippen molar-refractivity contribution < 1.29 is 23.9 Å². The second-order valence-corrected chi connectivity index (χ2v) is 9.32. The van der Waals surface area contributed by atoms with Crippen LogP contribution in [-0.4, -0.2) is 59.7 Å². The maximum atomic E-state index is 13.4. The van der Waals surface area contributed by atoms with E-state index in [0.29, 0.717) is 12.8 Å². The molecule has 2 atom stereocenters. The quantitative estimate of drug-likeness (QED) is 0.666. The highest BCUT2D eigenvalue weighted by molar-refractivity contribution is 5.95. The van der Waals surface area contributed by atoms with Crippen LogP contribution in [0.2, 0.25) is 0 Å². The third-order valence-electron chi connectivity index (χ3n) is 4.82. The Morgan fingerprint density at radius 1 is 1.23 bits per heavy atom. The molecule has 3 amide bonds. The van der Waals surface area contributed by atoms with Gasteiger partial charge in [0.25, 0.3) is 0 Å². The molecule has 1 aromatic rings. The van der Waals surface area contributed by atoms with Crippen LogP contribution in [0.3, 0.4) is 0 Å². The molecule has 1 aliphatic rings. The van der Waals surface area contributed by atoms with Gasteiger partial charge < -0.3 is 14.4 Å². The summed E-state index contributed by atoms with van der Waals surface area (Å²) in [6, 6.07) is 9.36. The van der Waals surface area contributed by atoms with Crippen molar-refractivity contribution in [1.82, 2.24) is 9.80 Å². The average Bonchev–Trinajstić information content (AvgIpc) is 2.99. The van der Waals surface area contributed by atoms with Crippen LogP contribution in [0.25, 0.3) is 0 Å². The summed E-state index contributed by atoms with van der Waals surface area (Å²) in [7, 11) is 1.61. The van der Waals surface area contributed by atoms with Crippen molar-refractivity contribution in [2.45, 2.75) is 59.1 Å². The number of ether oxygens (including phenoxy) is 2. The van der Waals surface area contributed by atoms with Gasteiger partial charge in [-0.1, -0.05) is 44.2 Å². The lowest BCUT2D eigenvalue weighted by Crippen LogP contribution is -2.47. The van der Waals surface area contributed by atoms with Crippen LogP contribution >= 0.6 is 0 Å². The SMILES string of the molecule is CC(C)CC(CN(C)C(=O)OC(C)(C)C)C(=O)N1C(=O)OC[C@H]1Cc1ccccc1. The molecule has 7 nitrogen and oxygen atoms in total. The minimum Gasteiger partial charge on any atom is -0.447 e. The molecule has 0 bridgehead atoms. The van der Waals surface area contributed by atoms with Crippen LogP contribution in [0.4, 0.5) is 9.59 Å². The first kappa shape index (κ1) is 23.7. The summed E-state index contributed by atoms with van der Waals surface area (Å²) in [4.78, 5) is 40.8. The summed E-state index contributed by atoms with van der Waals surface area (Å²) in [5.41, 5.74) is 0.410. The summed E-state index contributed by atoms with van der Waals surface area (Å²) in [5.74, 6) is -0.605. The van der Waals surface area contributed by atoms with E-state index in [0.717, 1.165) is 5.56 Å². The smallest absolute Gasteiger partial charge is 0.416 e. The Bertz CT molecular complexity index is 742. The van der Waals surface area contributed by atoms with E-state index in [2.05, 4.69) is 0 Å². The van der Waals surface area contributed by atoms with Crippen LogP contribution in [0.5, 0.6) is 0 Å². The number of hydrogen-bond acceptors (Lipinski definition) is 5. The fraction of sp³-hybridized carbons (Fsp3) is 0.609. The number of carbonyl (C=O) groups is 3. The Hall–Kier alpha value is -2.57. The van der Waals surface area contributed by atoms with E-state index in [1.54, 1.807) is 27.8 Å². The molecule has 1 heterocycles. The molecule has 0 radical (unpaired) electrons. The molecule has 166 valence electrons. The van der Waals surface area contributed by atoms with E-state index in [9.17, 15) is 14.4 Å². The van der Waals surface area contributed by atoms with Gasteiger partial charge in [0.05, 0.1) is 12.0 Å². The van der Waals surface area contributed by atoms with Gasteiger partial charge in [-0.15, -0.1) is 0 Å². The number of amides is 3. The number of carbonyl (C=O) groups excluding carboxylic acids is 3. The number of nitrogens with zero attached hydrogens (tertiary/aromatic N) is 2. The molecule has 2 rings (SSSR count). The third-order valence-corrected chi connectivity index (χ3v) is 4.82. The molecule has 7 heteroatoms. The molecule has 1 saturated heterocycles. The van der Waals surface area contributed by atoms with Crippen molar-refractivity contribution in [3.05, 3.63) is 35.9 Å². The lowest BCUT2D eigenvalue weighted by molar-refractivity contribution is -0.134. The van der Waals surface area contributed by atoms with Gasteiger partial charge in [-0.3, -0.25) is 4.79 Å². The number of benzene rings is 1. The van der Waals surface area contributed by atoms with Gasteiger partial charge in [0.2, 0.25) is 5.91 Å². The molecule has 0 aromatic heterocycles. The maximum absolute atomic E-state index is 13.4. The van der Waals surface area contributed by atoms with E-state index in [4.69, 9.17) is 9.47 Å².